The average Bonchev–Trinajstić information content (AvgIpc) is 2.22. The van der Waals surface area contributed by atoms with Crippen molar-refractivity contribution in [2.45, 2.75) is 13.8 Å². The molecule has 0 radical (unpaired) electrons. The van der Waals surface area contributed by atoms with Gasteiger partial charge in [-0.15, -0.1) is 0 Å². The quantitative estimate of drug-likeness (QED) is 0.797. The Morgan fingerprint density at radius 3 is 2.87 bits per heavy atom. The fraction of sp³-hybridized carbons (Fsp3) is 0.364. The molecule has 1 unspecified atom stereocenters. The van der Waals surface area contributed by atoms with E-state index in [1.807, 2.05) is 6.92 Å². The van der Waals surface area contributed by atoms with Gasteiger partial charge in [0.15, 0.2) is 0 Å². The first kappa shape index (κ1) is 11.7. The number of carbonyl (C=O) groups excluding carboxylic acids is 1. The molecule has 4 heteroatoms. The molecule has 1 aromatic rings. The van der Waals surface area contributed by atoms with Crippen LogP contribution in [0.3, 0.4) is 0 Å². The van der Waals surface area contributed by atoms with Gasteiger partial charge in [0.25, 0.3) is 0 Å². The lowest BCUT2D eigenvalue weighted by atomic mass is 10.1. The van der Waals surface area contributed by atoms with E-state index in [-0.39, 0.29) is 24.2 Å². The van der Waals surface area contributed by atoms with E-state index in [0.717, 1.165) is 5.56 Å². The molecule has 1 rings (SSSR count). The second-order valence-electron chi connectivity index (χ2n) is 3.59. The Morgan fingerprint density at radius 1 is 1.60 bits per heavy atom. The van der Waals surface area contributed by atoms with Crippen LogP contribution in [-0.4, -0.2) is 12.5 Å². The zero-order valence-electron chi connectivity index (χ0n) is 8.88. The highest BCUT2D eigenvalue weighted by Crippen LogP contribution is 2.16. The molecular weight excluding hydrogens is 195 g/mol. The summed E-state index contributed by atoms with van der Waals surface area (Å²) in [5, 5.41) is 2.64. The van der Waals surface area contributed by atoms with Crippen molar-refractivity contribution >= 4 is 11.6 Å². The number of rotatable bonds is 3. The van der Waals surface area contributed by atoms with E-state index in [1.165, 1.54) is 12.1 Å². The van der Waals surface area contributed by atoms with Gasteiger partial charge in [0.05, 0.1) is 0 Å². The summed E-state index contributed by atoms with van der Waals surface area (Å²) in [7, 11) is 0. The molecule has 0 heterocycles. The molecule has 1 amide bonds. The van der Waals surface area contributed by atoms with Gasteiger partial charge in [-0.05, 0) is 24.6 Å². The molecule has 0 aliphatic rings. The average molecular weight is 210 g/mol. The summed E-state index contributed by atoms with van der Waals surface area (Å²) in [5.41, 5.74) is 6.69. The minimum Gasteiger partial charge on any atom is -0.330 e. The van der Waals surface area contributed by atoms with E-state index in [2.05, 4.69) is 5.32 Å². The molecule has 0 bridgehead atoms. The molecule has 3 N–H and O–H groups in total. The molecule has 0 aliphatic heterocycles. The highest BCUT2D eigenvalue weighted by atomic mass is 19.1. The Kier molecular flexibility index (Phi) is 3.80. The number of halogens is 1. The maximum Gasteiger partial charge on any atom is 0.228 e. The van der Waals surface area contributed by atoms with Crippen LogP contribution in [0.15, 0.2) is 18.2 Å². The molecule has 15 heavy (non-hydrogen) atoms. The minimum atomic E-state index is -0.365. The molecule has 0 saturated heterocycles. The van der Waals surface area contributed by atoms with E-state index < -0.39 is 0 Å². The molecule has 0 aromatic heterocycles. The third-order valence-electron chi connectivity index (χ3n) is 2.26. The highest BCUT2D eigenvalue weighted by Gasteiger charge is 2.12. The van der Waals surface area contributed by atoms with Crippen molar-refractivity contribution in [3.05, 3.63) is 29.6 Å². The summed E-state index contributed by atoms with van der Waals surface area (Å²) < 4.78 is 12.9. The van der Waals surface area contributed by atoms with Crippen molar-refractivity contribution in [2.24, 2.45) is 11.7 Å². The lowest BCUT2D eigenvalue weighted by Crippen LogP contribution is -2.27. The predicted octanol–water partition coefficient (Wildman–Crippen LogP) is 1.67. The van der Waals surface area contributed by atoms with Gasteiger partial charge in [0, 0.05) is 18.2 Å². The zero-order chi connectivity index (χ0) is 11.4. The first-order chi connectivity index (χ1) is 7.04. The van der Waals surface area contributed by atoms with Gasteiger partial charge in [-0.1, -0.05) is 13.0 Å². The first-order valence-electron chi connectivity index (χ1n) is 4.81. The smallest absolute Gasteiger partial charge is 0.228 e. The lowest BCUT2D eigenvalue weighted by molar-refractivity contribution is -0.119. The van der Waals surface area contributed by atoms with Gasteiger partial charge in [-0.25, -0.2) is 4.39 Å². The Balaban J connectivity index is 2.80. The summed E-state index contributed by atoms with van der Waals surface area (Å²) in [6.45, 7) is 3.81. The maximum absolute atomic E-state index is 12.9. The summed E-state index contributed by atoms with van der Waals surface area (Å²) in [5.74, 6) is -0.824. The number of anilines is 1. The molecule has 3 nitrogen and oxygen atoms in total. The molecular formula is C11H15FN2O. The minimum absolute atomic E-state index is 0.189. The summed E-state index contributed by atoms with van der Waals surface area (Å²) in [6.07, 6.45) is 0. The SMILES string of the molecule is Cc1ccc(F)cc1NC(=O)C(C)CN. The second-order valence-corrected chi connectivity index (χ2v) is 3.59. The maximum atomic E-state index is 12.9. The molecule has 0 saturated carbocycles. The zero-order valence-corrected chi connectivity index (χ0v) is 8.88. The van der Waals surface area contributed by atoms with Crippen LogP contribution >= 0.6 is 0 Å². The van der Waals surface area contributed by atoms with Crippen LogP contribution in [0, 0.1) is 18.7 Å². The predicted molar refractivity (Wildman–Crippen MR) is 58.0 cm³/mol. The molecule has 1 aromatic carbocycles. The van der Waals surface area contributed by atoms with Crippen LogP contribution in [0.4, 0.5) is 10.1 Å². The molecule has 1 atom stereocenters. The van der Waals surface area contributed by atoms with Crippen molar-refractivity contribution in [1.82, 2.24) is 0 Å². The van der Waals surface area contributed by atoms with E-state index in [4.69, 9.17) is 5.73 Å². The van der Waals surface area contributed by atoms with Crippen LogP contribution in [0.5, 0.6) is 0 Å². The van der Waals surface area contributed by atoms with Gasteiger partial charge in [-0.2, -0.15) is 0 Å². The molecule has 0 aliphatic carbocycles. The van der Waals surface area contributed by atoms with Gasteiger partial charge in [-0.3, -0.25) is 4.79 Å². The van der Waals surface area contributed by atoms with Crippen molar-refractivity contribution in [2.75, 3.05) is 11.9 Å². The van der Waals surface area contributed by atoms with Crippen molar-refractivity contribution in [1.29, 1.82) is 0 Å². The van der Waals surface area contributed by atoms with Crippen molar-refractivity contribution in [3.8, 4) is 0 Å². The largest absolute Gasteiger partial charge is 0.330 e. The number of amides is 1. The van der Waals surface area contributed by atoms with Crippen LogP contribution in [0.25, 0.3) is 0 Å². The van der Waals surface area contributed by atoms with Crippen molar-refractivity contribution < 1.29 is 9.18 Å². The topological polar surface area (TPSA) is 55.1 Å². The van der Waals surface area contributed by atoms with Crippen LogP contribution in [0.1, 0.15) is 12.5 Å². The fourth-order valence-corrected chi connectivity index (χ4v) is 1.09. The van der Waals surface area contributed by atoms with Crippen LogP contribution in [-0.2, 0) is 4.79 Å². The number of nitrogens with two attached hydrogens (primary N) is 1. The Bertz CT molecular complexity index is 366. The number of hydrogen-bond donors (Lipinski definition) is 2. The number of nitrogens with one attached hydrogen (secondary N) is 1. The third-order valence-corrected chi connectivity index (χ3v) is 2.26. The summed E-state index contributed by atoms with van der Waals surface area (Å²) in [6, 6.07) is 4.28. The van der Waals surface area contributed by atoms with E-state index in [0.29, 0.717) is 5.69 Å². The number of aryl methyl sites for hydroxylation is 1. The van der Waals surface area contributed by atoms with Crippen molar-refractivity contribution in [3.63, 3.8) is 0 Å². The van der Waals surface area contributed by atoms with Crippen LogP contribution in [0.2, 0.25) is 0 Å². The number of benzene rings is 1. The normalized spacial score (nSPS) is 12.3. The lowest BCUT2D eigenvalue weighted by Gasteiger charge is -2.11. The van der Waals surface area contributed by atoms with Gasteiger partial charge in [0.2, 0.25) is 5.91 Å². The van der Waals surface area contributed by atoms with Gasteiger partial charge >= 0.3 is 0 Å². The van der Waals surface area contributed by atoms with E-state index in [1.54, 1.807) is 13.0 Å². The highest BCUT2D eigenvalue weighted by molar-refractivity contribution is 5.93. The third kappa shape index (κ3) is 3.02. The van der Waals surface area contributed by atoms with E-state index >= 15 is 0 Å². The Hall–Kier alpha value is -1.42. The summed E-state index contributed by atoms with van der Waals surface area (Å²) >= 11 is 0. The molecule has 0 spiro atoms. The Labute approximate surface area is 88.5 Å². The summed E-state index contributed by atoms with van der Waals surface area (Å²) in [4.78, 5) is 11.5. The Morgan fingerprint density at radius 2 is 2.27 bits per heavy atom. The monoisotopic (exact) mass is 210 g/mol. The standard InChI is InChI=1S/C11H15FN2O/c1-7-3-4-9(12)5-10(7)14-11(15)8(2)6-13/h3-5,8H,6,13H2,1-2H3,(H,14,15). The molecule has 0 fully saturated rings. The number of carbonyl (C=O) groups is 1. The van der Waals surface area contributed by atoms with Crippen LogP contribution < -0.4 is 11.1 Å². The molecule has 82 valence electrons. The van der Waals surface area contributed by atoms with Gasteiger partial charge < -0.3 is 11.1 Å². The number of hydrogen-bond acceptors (Lipinski definition) is 2. The fourth-order valence-electron chi connectivity index (χ4n) is 1.09. The van der Waals surface area contributed by atoms with E-state index in [9.17, 15) is 9.18 Å². The van der Waals surface area contributed by atoms with Gasteiger partial charge in [0.1, 0.15) is 5.82 Å². The second kappa shape index (κ2) is 4.89. The first-order valence-corrected chi connectivity index (χ1v) is 4.81.